The van der Waals surface area contributed by atoms with Gasteiger partial charge in [-0.2, -0.15) is 0 Å². The zero-order valence-electron chi connectivity index (χ0n) is 30.6. The van der Waals surface area contributed by atoms with E-state index in [2.05, 4.69) is 180 Å². The van der Waals surface area contributed by atoms with Crippen molar-refractivity contribution >= 4 is 72.2 Å². The molecule has 0 saturated heterocycles. The minimum atomic E-state index is -0.189. The maximum atomic E-state index is 4.92. The Morgan fingerprint density at radius 3 is 1.91 bits per heavy atom. The van der Waals surface area contributed by atoms with Crippen molar-refractivity contribution in [3.8, 4) is 11.1 Å². The van der Waals surface area contributed by atoms with Gasteiger partial charge in [0.05, 0.1) is 39.0 Å². The van der Waals surface area contributed by atoms with Gasteiger partial charge < -0.3 is 14.0 Å². The molecular weight excluding hydrogens is 657 g/mol. The van der Waals surface area contributed by atoms with Crippen LogP contribution in [0.4, 0.5) is 17.1 Å². The molecule has 2 aliphatic carbocycles. The highest BCUT2D eigenvalue weighted by Crippen LogP contribution is 2.54. The van der Waals surface area contributed by atoms with E-state index in [4.69, 9.17) is 4.98 Å². The highest BCUT2D eigenvalue weighted by molar-refractivity contribution is 6.14. The van der Waals surface area contributed by atoms with Crippen LogP contribution in [0.3, 0.4) is 0 Å². The number of nitrogens with zero attached hydrogens (tertiary/aromatic N) is 4. The van der Waals surface area contributed by atoms with Crippen molar-refractivity contribution in [2.45, 2.75) is 44.9 Å². The minimum absolute atomic E-state index is 0.189. The Bertz CT molecular complexity index is 2960. The van der Waals surface area contributed by atoms with Gasteiger partial charge in [0.1, 0.15) is 0 Å². The van der Waals surface area contributed by atoms with E-state index in [1.165, 1.54) is 83.4 Å². The van der Waals surface area contributed by atoms with E-state index >= 15 is 0 Å². The minimum Gasteiger partial charge on any atom is -0.313 e. The van der Waals surface area contributed by atoms with Crippen LogP contribution in [0.1, 0.15) is 50.7 Å². The summed E-state index contributed by atoms with van der Waals surface area (Å²) >= 11 is 0. The molecule has 4 heterocycles. The SMILES string of the molecule is CC1(C)c2ccccc2N(c2ccccc2)c2cc3c4cc(-c5ccc6c(c5)c5ncccc5n6C5=CC=CCC5)ccc4n(C4=CC=CCC4)c3cc21. The number of aromatic nitrogens is 3. The van der Waals surface area contributed by atoms with Crippen LogP contribution in [-0.2, 0) is 5.41 Å². The topological polar surface area (TPSA) is 26.0 Å². The van der Waals surface area contributed by atoms with E-state index in [1.807, 2.05) is 6.20 Å². The second-order valence-electron chi connectivity index (χ2n) is 15.5. The molecule has 0 fully saturated rings. The molecule has 0 spiro atoms. The Hall–Kier alpha value is -6.39. The molecule has 4 heteroatoms. The Morgan fingerprint density at radius 2 is 1.19 bits per heavy atom. The number of benzene rings is 5. The first-order valence-electron chi connectivity index (χ1n) is 19.3. The first-order chi connectivity index (χ1) is 26.6. The molecule has 3 aromatic heterocycles. The number of pyridine rings is 1. The molecule has 1 aliphatic heterocycles. The number of fused-ring (bicyclic) bond motifs is 8. The Kier molecular flexibility index (Phi) is 6.82. The lowest BCUT2D eigenvalue weighted by Gasteiger charge is -2.42. The maximum Gasteiger partial charge on any atom is 0.0963 e. The summed E-state index contributed by atoms with van der Waals surface area (Å²) in [5.74, 6) is 0. The number of rotatable bonds is 4. The van der Waals surface area contributed by atoms with Gasteiger partial charge in [0.25, 0.3) is 0 Å². The number of allylic oxidation sites excluding steroid dienone is 8. The zero-order chi connectivity index (χ0) is 36.0. The van der Waals surface area contributed by atoms with E-state index in [-0.39, 0.29) is 5.41 Å². The molecule has 11 rings (SSSR count). The molecule has 0 unspecified atom stereocenters. The summed E-state index contributed by atoms with van der Waals surface area (Å²) in [5.41, 5.74) is 17.1. The van der Waals surface area contributed by atoms with Gasteiger partial charge in [-0.3, -0.25) is 4.98 Å². The lowest BCUT2D eigenvalue weighted by atomic mass is 9.73. The van der Waals surface area contributed by atoms with Crippen molar-refractivity contribution in [2.75, 3.05) is 4.90 Å². The summed E-state index contributed by atoms with van der Waals surface area (Å²) in [6, 6.07) is 43.1. The van der Waals surface area contributed by atoms with E-state index in [0.29, 0.717) is 0 Å². The first-order valence-corrected chi connectivity index (χ1v) is 19.3. The van der Waals surface area contributed by atoms with Crippen molar-refractivity contribution in [3.63, 3.8) is 0 Å². The Balaban J connectivity index is 1.17. The molecule has 3 aliphatic rings. The van der Waals surface area contributed by atoms with Gasteiger partial charge >= 0.3 is 0 Å². The van der Waals surface area contributed by atoms with Crippen molar-refractivity contribution < 1.29 is 0 Å². The van der Waals surface area contributed by atoms with Gasteiger partial charge in [-0.05, 0) is 127 Å². The largest absolute Gasteiger partial charge is 0.313 e. The smallest absolute Gasteiger partial charge is 0.0963 e. The molecule has 0 bridgehead atoms. The van der Waals surface area contributed by atoms with Crippen molar-refractivity contribution in [1.29, 1.82) is 0 Å². The van der Waals surface area contributed by atoms with Crippen LogP contribution in [-0.4, -0.2) is 14.1 Å². The fourth-order valence-electron chi connectivity index (χ4n) is 9.43. The van der Waals surface area contributed by atoms with Crippen LogP contribution in [0.2, 0.25) is 0 Å². The van der Waals surface area contributed by atoms with Crippen LogP contribution >= 0.6 is 0 Å². The summed E-state index contributed by atoms with van der Waals surface area (Å²) in [5, 5.41) is 3.73. The van der Waals surface area contributed by atoms with Crippen LogP contribution in [0.15, 0.2) is 158 Å². The third-order valence-corrected chi connectivity index (χ3v) is 12.0. The lowest BCUT2D eigenvalue weighted by Crippen LogP contribution is -2.30. The number of hydrogen-bond donors (Lipinski definition) is 0. The fourth-order valence-corrected chi connectivity index (χ4v) is 9.43. The van der Waals surface area contributed by atoms with E-state index < -0.39 is 0 Å². The Labute approximate surface area is 315 Å². The molecule has 0 N–H and O–H groups in total. The number of hydrogen-bond acceptors (Lipinski definition) is 2. The average Bonchev–Trinajstić information content (AvgIpc) is 3.73. The average molecular weight is 697 g/mol. The predicted molar refractivity (Wildman–Crippen MR) is 228 cm³/mol. The van der Waals surface area contributed by atoms with Gasteiger partial charge in [0.15, 0.2) is 0 Å². The molecule has 0 atom stereocenters. The maximum absolute atomic E-state index is 4.92. The standard InChI is InChI=1S/C50H40N4/c1-50(2)41-21-12-13-22-45(41)54(37-19-10-5-11-20-37)48-31-39-38-29-33(24-26-43(38)53(47(39)32-42(48)50)36-17-8-4-9-18-36)34-25-27-44-40(30-34)49-46(23-14-28-51-49)52(44)35-15-6-3-7-16-35/h3-6,8,10-15,17,19-32H,7,9,16,18H2,1-2H3. The first kappa shape index (κ1) is 31.2. The summed E-state index contributed by atoms with van der Waals surface area (Å²) in [6.07, 6.45) is 19.5. The summed E-state index contributed by atoms with van der Waals surface area (Å²) < 4.78 is 4.95. The highest BCUT2D eigenvalue weighted by Gasteiger charge is 2.38. The summed E-state index contributed by atoms with van der Waals surface area (Å²) in [7, 11) is 0. The van der Waals surface area contributed by atoms with E-state index in [1.54, 1.807) is 0 Å². The van der Waals surface area contributed by atoms with Gasteiger partial charge in [-0.25, -0.2) is 0 Å². The van der Waals surface area contributed by atoms with Crippen LogP contribution in [0.25, 0.3) is 66.3 Å². The molecule has 4 nitrogen and oxygen atoms in total. The van der Waals surface area contributed by atoms with E-state index in [0.717, 1.165) is 36.7 Å². The molecule has 5 aromatic carbocycles. The zero-order valence-corrected chi connectivity index (χ0v) is 30.6. The lowest BCUT2D eigenvalue weighted by molar-refractivity contribution is 0.632. The second kappa shape index (κ2) is 11.8. The van der Waals surface area contributed by atoms with Crippen LogP contribution < -0.4 is 4.90 Å². The molecule has 0 amide bonds. The fraction of sp³-hybridized carbons (Fsp3) is 0.140. The van der Waals surface area contributed by atoms with Crippen LogP contribution in [0.5, 0.6) is 0 Å². The van der Waals surface area contributed by atoms with Crippen molar-refractivity contribution in [2.24, 2.45) is 0 Å². The molecule has 8 aromatic rings. The molecule has 260 valence electrons. The van der Waals surface area contributed by atoms with Crippen molar-refractivity contribution in [1.82, 2.24) is 14.1 Å². The molecular formula is C50H40N4. The Morgan fingerprint density at radius 1 is 0.537 bits per heavy atom. The van der Waals surface area contributed by atoms with E-state index in [9.17, 15) is 0 Å². The van der Waals surface area contributed by atoms with Gasteiger partial charge in [-0.1, -0.05) is 86.7 Å². The number of para-hydroxylation sites is 2. The normalized spacial score (nSPS) is 16.2. The number of anilines is 3. The quantitative estimate of drug-likeness (QED) is 0.183. The van der Waals surface area contributed by atoms with Gasteiger partial charge in [0, 0.05) is 44.9 Å². The van der Waals surface area contributed by atoms with Gasteiger partial charge in [0.2, 0.25) is 0 Å². The van der Waals surface area contributed by atoms with Crippen LogP contribution in [0, 0.1) is 0 Å². The summed E-state index contributed by atoms with van der Waals surface area (Å²) in [4.78, 5) is 7.39. The predicted octanol–water partition coefficient (Wildman–Crippen LogP) is 13.5. The van der Waals surface area contributed by atoms with Crippen molar-refractivity contribution in [3.05, 3.63) is 169 Å². The highest BCUT2D eigenvalue weighted by atomic mass is 15.2. The molecule has 54 heavy (non-hydrogen) atoms. The molecule has 0 radical (unpaired) electrons. The van der Waals surface area contributed by atoms with Gasteiger partial charge in [-0.15, -0.1) is 0 Å². The monoisotopic (exact) mass is 696 g/mol. The summed E-state index contributed by atoms with van der Waals surface area (Å²) in [6.45, 7) is 4.77. The molecule has 0 saturated carbocycles. The second-order valence-corrected chi connectivity index (χ2v) is 15.5. The third-order valence-electron chi connectivity index (χ3n) is 12.0. The third kappa shape index (κ3) is 4.53.